The number of fused-ring (bicyclic) bond motifs is 1. The lowest BCUT2D eigenvalue weighted by Crippen LogP contribution is -2.55. The van der Waals surface area contributed by atoms with Gasteiger partial charge in [0, 0.05) is 38.9 Å². The Kier molecular flexibility index (Phi) is 6.15. The van der Waals surface area contributed by atoms with Crippen molar-refractivity contribution in [3.8, 4) is 5.69 Å². The maximum Gasteiger partial charge on any atom is 0.416 e. The van der Waals surface area contributed by atoms with Crippen LogP contribution in [-0.2, 0) is 6.18 Å². The minimum atomic E-state index is -4.47. The summed E-state index contributed by atoms with van der Waals surface area (Å²) < 4.78 is 42.8. The Bertz CT molecular complexity index is 1060. The van der Waals surface area contributed by atoms with Crippen molar-refractivity contribution < 1.29 is 18.3 Å². The number of benzene rings is 2. The fraction of sp³-hybridized carbons (Fsp3) is 0.435. The normalized spacial score (nSPS) is 18.1. The summed E-state index contributed by atoms with van der Waals surface area (Å²) in [6.45, 7) is 6.58. The number of para-hydroxylation sites is 1. The summed E-state index contributed by atoms with van der Waals surface area (Å²) in [7, 11) is 1.82. The molecule has 2 unspecified atom stereocenters. The van der Waals surface area contributed by atoms with Crippen molar-refractivity contribution in [2.24, 2.45) is 0 Å². The highest BCUT2D eigenvalue weighted by Gasteiger charge is 2.34. The van der Waals surface area contributed by atoms with E-state index in [-0.39, 0.29) is 6.17 Å². The first kappa shape index (κ1) is 22.6. The van der Waals surface area contributed by atoms with E-state index in [2.05, 4.69) is 9.88 Å². The second-order valence-corrected chi connectivity index (χ2v) is 8.26. The predicted molar refractivity (Wildman–Crippen MR) is 119 cm³/mol. The van der Waals surface area contributed by atoms with Gasteiger partial charge in [-0.25, -0.2) is 4.98 Å². The third-order valence-electron chi connectivity index (χ3n) is 6.33. The highest BCUT2D eigenvalue weighted by Crippen LogP contribution is 2.38. The van der Waals surface area contributed by atoms with Crippen LogP contribution in [0.2, 0.25) is 0 Å². The molecule has 0 spiro atoms. The van der Waals surface area contributed by atoms with Gasteiger partial charge in [0.25, 0.3) is 0 Å². The Morgan fingerprint density at radius 1 is 1.00 bits per heavy atom. The summed E-state index contributed by atoms with van der Waals surface area (Å²) in [5.74, 6) is 0. The molecule has 0 bridgehead atoms. The minimum absolute atomic E-state index is 0.142. The number of aromatic nitrogens is 2. The summed E-state index contributed by atoms with van der Waals surface area (Å²) in [4.78, 5) is 10.4. The molecule has 1 N–H and O–H groups in total. The van der Waals surface area contributed by atoms with E-state index in [1.165, 1.54) is 6.07 Å². The minimum Gasteiger partial charge on any atom is -0.379 e. The number of alkyl halides is 3. The van der Waals surface area contributed by atoms with Gasteiger partial charge in [0.15, 0.2) is 0 Å². The molecular weight excluding hydrogens is 419 g/mol. The summed E-state index contributed by atoms with van der Waals surface area (Å²) >= 11 is 0. The standard InChI is InChI=1S/C23H28F3N5O/c1-16(29-9-11-30(12-10-29)17(2)32)28(3)21-14-18(23(24,25)26)13-20-22(21)31(15-27-20)19-7-5-4-6-8-19/h4-8,13-17,32H,9-12H2,1-3H3. The zero-order valence-corrected chi connectivity index (χ0v) is 18.4. The largest absolute Gasteiger partial charge is 0.416 e. The number of imidazole rings is 1. The van der Waals surface area contributed by atoms with E-state index in [1.54, 1.807) is 13.3 Å². The zero-order chi connectivity index (χ0) is 23.0. The molecule has 1 fully saturated rings. The third kappa shape index (κ3) is 4.32. The van der Waals surface area contributed by atoms with E-state index in [9.17, 15) is 18.3 Å². The summed E-state index contributed by atoms with van der Waals surface area (Å²) in [6.07, 6.45) is -3.54. The van der Waals surface area contributed by atoms with Crippen LogP contribution in [0.4, 0.5) is 18.9 Å². The quantitative estimate of drug-likeness (QED) is 0.645. The number of piperazine rings is 1. The number of halogens is 3. The van der Waals surface area contributed by atoms with Crippen LogP contribution in [0.1, 0.15) is 19.4 Å². The molecule has 1 aliphatic heterocycles. The maximum atomic E-state index is 13.7. The van der Waals surface area contributed by atoms with Crippen molar-refractivity contribution in [2.45, 2.75) is 32.4 Å². The van der Waals surface area contributed by atoms with Crippen molar-refractivity contribution in [3.05, 3.63) is 54.4 Å². The Morgan fingerprint density at radius 3 is 2.22 bits per heavy atom. The number of aliphatic hydroxyl groups is 1. The Hall–Kier alpha value is -2.62. The van der Waals surface area contributed by atoms with Gasteiger partial charge in [0.1, 0.15) is 12.6 Å². The highest BCUT2D eigenvalue weighted by molar-refractivity contribution is 5.91. The van der Waals surface area contributed by atoms with Gasteiger partial charge in [-0.2, -0.15) is 13.2 Å². The van der Waals surface area contributed by atoms with E-state index in [4.69, 9.17) is 0 Å². The maximum absolute atomic E-state index is 13.7. The van der Waals surface area contributed by atoms with Gasteiger partial charge in [-0.1, -0.05) is 18.2 Å². The number of nitrogens with zero attached hydrogens (tertiary/aromatic N) is 5. The van der Waals surface area contributed by atoms with Crippen molar-refractivity contribution in [2.75, 3.05) is 38.1 Å². The van der Waals surface area contributed by atoms with Crippen LogP contribution in [0, 0.1) is 0 Å². The molecule has 0 saturated carbocycles. The van der Waals surface area contributed by atoms with Crippen LogP contribution in [0.25, 0.3) is 16.7 Å². The van der Waals surface area contributed by atoms with Gasteiger partial charge in [-0.3, -0.25) is 14.4 Å². The van der Waals surface area contributed by atoms with Crippen molar-refractivity contribution in [3.63, 3.8) is 0 Å². The van der Waals surface area contributed by atoms with E-state index >= 15 is 0 Å². The van der Waals surface area contributed by atoms with E-state index < -0.39 is 18.0 Å². The van der Waals surface area contributed by atoms with Crippen molar-refractivity contribution >= 4 is 16.7 Å². The van der Waals surface area contributed by atoms with Gasteiger partial charge < -0.3 is 10.0 Å². The molecule has 4 rings (SSSR count). The Labute approximate surface area is 185 Å². The van der Waals surface area contributed by atoms with Gasteiger partial charge in [-0.15, -0.1) is 0 Å². The van der Waals surface area contributed by atoms with Gasteiger partial charge in [-0.05, 0) is 38.1 Å². The molecule has 0 aliphatic carbocycles. The second-order valence-electron chi connectivity index (χ2n) is 8.26. The average Bonchev–Trinajstić information content (AvgIpc) is 3.22. The molecule has 6 nitrogen and oxygen atoms in total. The first-order chi connectivity index (χ1) is 15.2. The molecule has 32 heavy (non-hydrogen) atoms. The second kappa shape index (κ2) is 8.73. The molecule has 172 valence electrons. The Morgan fingerprint density at radius 2 is 1.62 bits per heavy atom. The molecule has 2 heterocycles. The van der Waals surface area contributed by atoms with Crippen LogP contribution in [-0.4, -0.2) is 70.1 Å². The highest BCUT2D eigenvalue weighted by atomic mass is 19.4. The summed E-state index contributed by atoms with van der Waals surface area (Å²) in [5, 5.41) is 9.81. The first-order valence-corrected chi connectivity index (χ1v) is 10.7. The van der Waals surface area contributed by atoms with Crippen molar-refractivity contribution in [1.29, 1.82) is 0 Å². The van der Waals surface area contributed by atoms with Crippen LogP contribution in [0.3, 0.4) is 0 Å². The molecule has 0 radical (unpaired) electrons. The molecule has 9 heteroatoms. The smallest absolute Gasteiger partial charge is 0.379 e. The fourth-order valence-corrected chi connectivity index (χ4v) is 4.27. The lowest BCUT2D eigenvalue weighted by Gasteiger charge is -2.42. The molecule has 2 atom stereocenters. The third-order valence-corrected chi connectivity index (χ3v) is 6.33. The SMILES string of the molecule is CC(O)N1CCN(C(C)N(C)c2cc(C(F)(F)F)cc3ncn(-c4ccccc4)c23)CC1. The number of anilines is 1. The van der Waals surface area contributed by atoms with Crippen LogP contribution < -0.4 is 4.90 Å². The number of hydrogen-bond donors (Lipinski definition) is 1. The number of hydrogen-bond acceptors (Lipinski definition) is 5. The van der Waals surface area contributed by atoms with E-state index in [1.807, 2.05) is 58.7 Å². The molecule has 0 amide bonds. The van der Waals surface area contributed by atoms with E-state index in [0.717, 1.165) is 24.8 Å². The summed E-state index contributed by atoms with van der Waals surface area (Å²) in [6, 6.07) is 11.8. The van der Waals surface area contributed by atoms with Crippen molar-refractivity contribution in [1.82, 2.24) is 19.4 Å². The monoisotopic (exact) mass is 447 g/mol. The van der Waals surface area contributed by atoms with Gasteiger partial charge in [0.05, 0.1) is 28.5 Å². The van der Waals surface area contributed by atoms with Crippen LogP contribution in [0.15, 0.2) is 48.8 Å². The fourth-order valence-electron chi connectivity index (χ4n) is 4.27. The molecular formula is C23H28F3N5O. The first-order valence-electron chi connectivity index (χ1n) is 10.7. The summed E-state index contributed by atoms with van der Waals surface area (Å²) in [5.41, 5.74) is 1.54. The molecule has 1 aromatic heterocycles. The number of rotatable bonds is 5. The molecule has 2 aromatic carbocycles. The zero-order valence-electron chi connectivity index (χ0n) is 18.4. The average molecular weight is 448 g/mol. The van der Waals surface area contributed by atoms with Gasteiger partial charge in [0.2, 0.25) is 0 Å². The lowest BCUT2D eigenvalue weighted by atomic mass is 10.1. The molecule has 1 aliphatic rings. The Balaban J connectivity index is 1.75. The lowest BCUT2D eigenvalue weighted by molar-refractivity contribution is -0.137. The van der Waals surface area contributed by atoms with E-state index in [0.29, 0.717) is 29.8 Å². The van der Waals surface area contributed by atoms with Crippen LogP contribution >= 0.6 is 0 Å². The van der Waals surface area contributed by atoms with Crippen LogP contribution in [0.5, 0.6) is 0 Å². The van der Waals surface area contributed by atoms with Gasteiger partial charge >= 0.3 is 6.18 Å². The predicted octanol–water partition coefficient (Wildman–Crippen LogP) is 3.78. The number of aliphatic hydroxyl groups excluding tert-OH is 1. The topological polar surface area (TPSA) is 47.8 Å². The molecule has 1 saturated heterocycles. The molecule has 3 aromatic rings.